The van der Waals surface area contributed by atoms with Crippen molar-refractivity contribution < 1.29 is 9.59 Å². The molecule has 18 heteroatoms. The molecule has 0 radical (unpaired) electrons. The average molecular weight is 951 g/mol. The molecule has 7 N–H and O–H groups in total. The molecule has 0 aliphatic carbocycles. The number of hydrogen-bond acceptors (Lipinski definition) is 12. The van der Waals surface area contributed by atoms with Gasteiger partial charge in [-0.05, 0) is 118 Å². The van der Waals surface area contributed by atoms with Crippen molar-refractivity contribution in [2.45, 2.75) is 62.7 Å². The van der Waals surface area contributed by atoms with Crippen LogP contribution in [0, 0.1) is 22.7 Å². The summed E-state index contributed by atoms with van der Waals surface area (Å²) in [5.74, 6) is 0. The summed E-state index contributed by atoms with van der Waals surface area (Å²) in [6.45, 7) is 2.00. The fourth-order valence-corrected chi connectivity index (χ4v) is 8.41. The molecule has 0 spiro atoms. The number of rotatable bonds is 5. The maximum Gasteiger partial charge on any atom is 0.331 e. The Bertz CT molecular complexity index is 2820. The zero-order valence-corrected chi connectivity index (χ0v) is 39.8. The van der Waals surface area contributed by atoms with Gasteiger partial charge in [0.15, 0.2) is 0 Å². The predicted octanol–water partition coefficient (Wildman–Crippen LogP) is 7.86. The summed E-state index contributed by atoms with van der Waals surface area (Å²) in [5, 5.41) is 26.1. The van der Waals surface area contributed by atoms with Gasteiger partial charge in [0.05, 0.1) is 53.3 Å². The number of aromatic nitrogens is 6. The van der Waals surface area contributed by atoms with Gasteiger partial charge in [0, 0.05) is 97.5 Å². The number of hydrogen-bond donors (Lipinski definition) is 6. The van der Waals surface area contributed by atoms with Gasteiger partial charge in [-0.2, -0.15) is 10.5 Å². The Hall–Kier alpha value is -8.55. The number of anilines is 2. The smallest absolute Gasteiger partial charge is 0.331 e. The van der Waals surface area contributed by atoms with Crippen LogP contribution in [0.1, 0.15) is 47.9 Å². The first-order valence-electron chi connectivity index (χ1n) is 23.3. The van der Waals surface area contributed by atoms with Crippen LogP contribution < -0.4 is 21.7 Å². The van der Waals surface area contributed by atoms with Gasteiger partial charge in [-0.15, -0.1) is 0 Å². The van der Waals surface area contributed by atoms with Crippen LogP contribution in [-0.2, 0) is 12.8 Å². The van der Waals surface area contributed by atoms with Gasteiger partial charge < -0.3 is 31.7 Å². The van der Waals surface area contributed by atoms with Gasteiger partial charge in [-0.25, -0.2) is 24.5 Å². The molecule has 2 saturated heterocycles. The van der Waals surface area contributed by atoms with Crippen molar-refractivity contribution in [2.75, 3.05) is 37.8 Å². The van der Waals surface area contributed by atoms with Crippen LogP contribution >= 0.6 is 0 Å². The Kier molecular flexibility index (Phi) is 18.2. The summed E-state index contributed by atoms with van der Waals surface area (Å²) in [6.07, 6.45) is 20.5. The molecule has 4 aliphatic heterocycles. The summed E-state index contributed by atoms with van der Waals surface area (Å²) in [6, 6.07) is 34.9. The zero-order valence-electron chi connectivity index (χ0n) is 39.8. The summed E-state index contributed by atoms with van der Waals surface area (Å²) in [7, 11) is 4.31. The molecule has 2 fully saturated rings. The minimum atomic E-state index is -0.290. The lowest BCUT2D eigenvalue weighted by molar-refractivity contribution is 0.196. The topological polar surface area (TPSA) is 250 Å². The normalized spacial score (nSPS) is 18.6. The van der Waals surface area contributed by atoms with E-state index in [1.807, 2.05) is 12.1 Å². The molecule has 18 nitrogen and oxygen atoms in total. The molecule has 0 unspecified atom stereocenters. The molecule has 362 valence electrons. The van der Waals surface area contributed by atoms with Crippen molar-refractivity contribution in [1.29, 1.82) is 10.5 Å². The highest BCUT2D eigenvalue weighted by atomic mass is 16.2. The number of para-hydroxylation sites is 2. The van der Waals surface area contributed by atoms with Crippen LogP contribution in [0.3, 0.4) is 0 Å². The molecular formula is C53H58N16O2. The number of carbonyl (C=O) groups is 2. The van der Waals surface area contributed by atoms with Crippen molar-refractivity contribution in [2.24, 2.45) is 15.7 Å². The monoisotopic (exact) mass is 950 g/mol. The molecule has 3 aromatic heterocycles. The van der Waals surface area contributed by atoms with Crippen molar-refractivity contribution in [3.05, 3.63) is 175 Å². The SMILES string of the molecule is CN1CC[C@@H](N)C[C@@H]1C1=Nc2ccccc2C1.CN1CC[C@@H](NC(=O)Nc2ccc(C#N)cc2)C[C@@H]1C1=Nc2ccccc2C1.N#Cc1ccc(NC(=O)n2ccnc2)cc1.c1c[nH]cn1.c1c[nH]cn1. The standard InChI is InChI=1S/C22H23N5O.C14H19N3.C11H8N4O.2C3H4N2/c1-27-11-10-18(25-22(28)24-17-8-6-15(14-23)7-9-17)13-21(27)20-12-16-4-2-3-5-19(16)26-20;1-17-7-6-11(15)9-14(17)13-8-10-4-2-3-5-12(10)16-13;12-7-9-1-3-10(4-2-9)14-11(16)15-6-5-13-8-15;2*1-2-5-3-4-1/h2-9,18,21H,10-13H2,1H3,(H2,24,25,28);2-5,11,14H,6-9,15H2,1H3;1-6,8H,(H,14,16);2*1-3H,(H,4,5)/t18-,21-;11-,14-;;;/m11.../s1. The second kappa shape index (κ2) is 25.7. The molecule has 0 saturated carbocycles. The minimum absolute atomic E-state index is 0.103. The van der Waals surface area contributed by atoms with Gasteiger partial charge in [-0.3, -0.25) is 24.4 Å². The van der Waals surface area contributed by atoms with Crippen LogP contribution in [0.25, 0.3) is 0 Å². The number of amides is 3. The van der Waals surface area contributed by atoms with Crippen LogP contribution in [0.4, 0.5) is 32.3 Å². The first-order valence-corrected chi connectivity index (χ1v) is 23.3. The molecule has 4 aromatic carbocycles. The summed E-state index contributed by atoms with van der Waals surface area (Å²) in [5.41, 5.74) is 15.8. The number of nitrogens with two attached hydrogens (primary N) is 1. The molecule has 4 aliphatic rings. The zero-order chi connectivity index (χ0) is 49.8. The number of likely N-dealkylation sites (tertiary alicyclic amines) is 2. The quantitative estimate of drug-likeness (QED) is 0.0974. The van der Waals surface area contributed by atoms with Gasteiger partial charge in [-0.1, -0.05) is 36.4 Å². The third-order valence-corrected chi connectivity index (χ3v) is 12.2. The maximum atomic E-state index is 12.4. The van der Waals surface area contributed by atoms with Crippen LogP contribution in [0.2, 0.25) is 0 Å². The number of nitrogens with zero attached hydrogens (tertiary/aromatic N) is 10. The second-order valence-corrected chi connectivity index (χ2v) is 17.2. The number of carbonyl (C=O) groups excluding carboxylic acids is 2. The lowest BCUT2D eigenvalue weighted by Crippen LogP contribution is -2.52. The maximum absolute atomic E-state index is 12.4. The summed E-state index contributed by atoms with van der Waals surface area (Å²) < 4.78 is 1.33. The highest BCUT2D eigenvalue weighted by Gasteiger charge is 2.33. The lowest BCUT2D eigenvalue weighted by Gasteiger charge is -2.37. The third kappa shape index (κ3) is 15.0. The number of nitriles is 2. The molecule has 4 atom stereocenters. The largest absolute Gasteiger partial charge is 0.351 e. The van der Waals surface area contributed by atoms with E-state index in [0.717, 1.165) is 63.0 Å². The molecule has 71 heavy (non-hydrogen) atoms. The van der Waals surface area contributed by atoms with Gasteiger partial charge in [0.25, 0.3) is 0 Å². The number of nitrogens with one attached hydrogen (secondary N) is 5. The molecular weight excluding hydrogens is 893 g/mol. The number of benzene rings is 4. The number of piperidine rings is 2. The van der Waals surface area contributed by atoms with E-state index in [1.165, 1.54) is 39.6 Å². The van der Waals surface area contributed by atoms with E-state index in [1.54, 1.807) is 92.2 Å². The van der Waals surface area contributed by atoms with E-state index < -0.39 is 0 Å². The molecule has 3 amide bonds. The Morgan fingerprint density at radius 3 is 1.65 bits per heavy atom. The van der Waals surface area contributed by atoms with Crippen LogP contribution in [0.5, 0.6) is 0 Å². The van der Waals surface area contributed by atoms with Gasteiger partial charge in [0.2, 0.25) is 0 Å². The van der Waals surface area contributed by atoms with Crippen molar-refractivity contribution in [1.82, 2.24) is 44.6 Å². The van der Waals surface area contributed by atoms with E-state index in [0.29, 0.717) is 34.6 Å². The summed E-state index contributed by atoms with van der Waals surface area (Å²) >= 11 is 0. The van der Waals surface area contributed by atoms with E-state index in [9.17, 15) is 9.59 Å². The Labute approximate surface area is 413 Å². The van der Waals surface area contributed by atoms with E-state index in [2.05, 4.69) is 113 Å². The van der Waals surface area contributed by atoms with Gasteiger partial charge in [0.1, 0.15) is 6.33 Å². The highest BCUT2D eigenvalue weighted by Crippen LogP contribution is 2.32. The summed E-state index contributed by atoms with van der Waals surface area (Å²) in [4.78, 5) is 54.9. The first kappa shape index (κ1) is 50.3. The van der Waals surface area contributed by atoms with Crippen molar-refractivity contribution in [3.8, 4) is 12.1 Å². The molecule has 7 aromatic rings. The number of fused-ring (bicyclic) bond motifs is 2. The Morgan fingerprint density at radius 1 is 0.662 bits per heavy atom. The Morgan fingerprint density at radius 2 is 1.18 bits per heavy atom. The molecule has 11 rings (SSSR count). The fraction of sp³-hybridized carbons (Fsp3) is 0.264. The highest BCUT2D eigenvalue weighted by molar-refractivity contribution is 5.99. The van der Waals surface area contributed by atoms with E-state index >= 15 is 0 Å². The van der Waals surface area contributed by atoms with Crippen LogP contribution in [-0.4, -0.2) is 114 Å². The minimum Gasteiger partial charge on any atom is -0.351 e. The molecule has 7 heterocycles. The van der Waals surface area contributed by atoms with E-state index in [-0.39, 0.29) is 24.1 Å². The van der Waals surface area contributed by atoms with Crippen molar-refractivity contribution >= 4 is 46.2 Å². The Balaban J connectivity index is 0.000000148. The lowest BCUT2D eigenvalue weighted by atomic mass is 9.92. The first-order chi connectivity index (χ1) is 34.6. The number of H-pyrrole nitrogens is 2. The number of imidazole rings is 3. The van der Waals surface area contributed by atoms with E-state index in [4.69, 9.17) is 26.2 Å². The average Bonchev–Trinajstić information content (AvgIpc) is 4.26. The second-order valence-electron chi connectivity index (χ2n) is 17.2. The van der Waals surface area contributed by atoms with Crippen LogP contribution in [0.15, 0.2) is 163 Å². The predicted molar refractivity (Wildman–Crippen MR) is 276 cm³/mol. The third-order valence-electron chi connectivity index (χ3n) is 12.2. The fourth-order valence-electron chi connectivity index (χ4n) is 8.41. The van der Waals surface area contributed by atoms with Gasteiger partial charge >= 0.3 is 12.1 Å². The number of urea groups is 1. The van der Waals surface area contributed by atoms with Crippen molar-refractivity contribution in [3.63, 3.8) is 0 Å². The number of aromatic amines is 2. The number of aliphatic imine (C=N–C) groups is 2. The molecule has 0 bridgehead atoms.